The summed E-state index contributed by atoms with van der Waals surface area (Å²) in [6.45, 7) is 3.93. The highest BCUT2D eigenvalue weighted by atomic mass is 16.5. The van der Waals surface area contributed by atoms with Gasteiger partial charge in [-0.2, -0.15) is 0 Å². The van der Waals surface area contributed by atoms with Crippen molar-refractivity contribution >= 4 is 0 Å². The lowest BCUT2D eigenvalue weighted by atomic mass is 9.85. The fourth-order valence-electron chi connectivity index (χ4n) is 3.56. The minimum absolute atomic E-state index is 0.363. The molecule has 2 fully saturated rings. The van der Waals surface area contributed by atoms with Crippen LogP contribution < -0.4 is 0 Å². The summed E-state index contributed by atoms with van der Waals surface area (Å²) >= 11 is 0. The van der Waals surface area contributed by atoms with Crippen molar-refractivity contribution in [2.24, 2.45) is 5.92 Å². The van der Waals surface area contributed by atoms with Crippen LogP contribution in [-0.4, -0.2) is 25.4 Å². The average Bonchev–Trinajstić information content (AvgIpc) is 2.49. The van der Waals surface area contributed by atoms with E-state index in [1.54, 1.807) is 0 Å². The molecule has 0 N–H and O–H groups in total. The van der Waals surface area contributed by atoms with Gasteiger partial charge in [-0.05, 0) is 38.0 Å². The van der Waals surface area contributed by atoms with E-state index >= 15 is 0 Å². The molecule has 0 radical (unpaired) electrons. The third-order valence-corrected chi connectivity index (χ3v) is 4.76. The molecule has 2 aliphatic carbocycles. The molecule has 2 aliphatic rings. The van der Waals surface area contributed by atoms with Gasteiger partial charge < -0.3 is 9.47 Å². The van der Waals surface area contributed by atoms with Gasteiger partial charge in [0.15, 0.2) is 0 Å². The first-order valence-electron chi connectivity index (χ1n) is 8.63. The Morgan fingerprint density at radius 1 is 0.895 bits per heavy atom. The van der Waals surface area contributed by atoms with Gasteiger partial charge in [-0.1, -0.05) is 45.4 Å². The van der Waals surface area contributed by atoms with Crippen LogP contribution in [0.5, 0.6) is 0 Å². The third-order valence-electron chi connectivity index (χ3n) is 4.76. The first-order chi connectivity index (χ1) is 9.40. The molecule has 0 aromatic heterocycles. The quantitative estimate of drug-likeness (QED) is 0.665. The van der Waals surface area contributed by atoms with E-state index in [1.165, 1.54) is 64.2 Å². The Balaban J connectivity index is 1.74. The van der Waals surface area contributed by atoms with Crippen LogP contribution in [0.2, 0.25) is 0 Å². The van der Waals surface area contributed by atoms with Gasteiger partial charge >= 0.3 is 0 Å². The van der Waals surface area contributed by atoms with Crippen molar-refractivity contribution in [1.82, 2.24) is 0 Å². The minimum Gasteiger partial charge on any atom is -0.376 e. The van der Waals surface area contributed by atoms with Crippen LogP contribution in [0.4, 0.5) is 0 Å². The predicted molar refractivity (Wildman–Crippen MR) is 79.4 cm³/mol. The van der Waals surface area contributed by atoms with Crippen molar-refractivity contribution in [2.75, 3.05) is 13.2 Å². The van der Waals surface area contributed by atoms with Gasteiger partial charge in [0.05, 0.1) is 18.8 Å². The smallest absolute Gasteiger partial charge is 0.0836 e. The fraction of sp³-hybridized carbons (Fsp3) is 1.00. The molecule has 0 aliphatic heterocycles. The molecular weight excluding hydrogens is 236 g/mol. The molecule has 19 heavy (non-hydrogen) atoms. The molecule has 0 bridgehead atoms. The van der Waals surface area contributed by atoms with Crippen LogP contribution in [0.3, 0.4) is 0 Å². The summed E-state index contributed by atoms with van der Waals surface area (Å²) in [5.41, 5.74) is 0. The maximum Gasteiger partial charge on any atom is 0.0836 e. The van der Waals surface area contributed by atoms with Crippen molar-refractivity contribution in [2.45, 2.75) is 89.8 Å². The summed E-state index contributed by atoms with van der Waals surface area (Å²) in [5, 5.41) is 0. The van der Waals surface area contributed by atoms with Crippen molar-refractivity contribution in [3.63, 3.8) is 0 Å². The van der Waals surface area contributed by atoms with E-state index in [0.29, 0.717) is 12.2 Å². The standard InChI is InChI=1S/C17H32O2/c1-2-13-18-17(15-9-5-3-6-10-15)14-19-16-11-7-4-8-12-16/h15-17H,2-14H2,1H3. The van der Waals surface area contributed by atoms with E-state index in [0.717, 1.165) is 25.6 Å². The van der Waals surface area contributed by atoms with Crippen LogP contribution in [0.1, 0.15) is 77.6 Å². The lowest BCUT2D eigenvalue weighted by Gasteiger charge is -2.32. The highest BCUT2D eigenvalue weighted by Crippen LogP contribution is 2.29. The highest BCUT2D eigenvalue weighted by molar-refractivity contribution is 4.75. The van der Waals surface area contributed by atoms with Crippen LogP contribution in [0.25, 0.3) is 0 Å². The maximum atomic E-state index is 6.17. The van der Waals surface area contributed by atoms with Gasteiger partial charge in [0.25, 0.3) is 0 Å². The topological polar surface area (TPSA) is 18.5 Å². The monoisotopic (exact) mass is 268 g/mol. The molecule has 0 amide bonds. The average molecular weight is 268 g/mol. The number of hydrogen-bond donors (Lipinski definition) is 0. The molecule has 1 unspecified atom stereocenters. The maximum absolute atomic E-state index is 6.17. The zero-order chi connectivity index (χ0) is 13.3. The van der Waals surface area contributed by atoms with E-state index < -0.39 is 0 Å². The zero-order valence-electron chi connectivity index (χ0n) is 12.7. The van der Waals surface area contributed by atoms with E-state index in [9.17, 15) is 0 Å². The van der Waals surface area contributed by atoms with Crippen LogP contribution in [0, 0.1) is 5.92 Å². The second-order valence-electron chi connectivity index (χ2n) is 6.40. The Labute approximate surface area is 119 Å². The highest BCUT2D eigenvalue weighted by Gasteiger charge is 2.25. The van der Waals surface area contributed by atoms with Gasteiger partial charge in [0, 0.05) is 6.61 Å². The second kappa shape index (κ2) is 8.97. The first-order valence-corrected chi connectivity index (χ1v) is 8.63. The van der Waals surface area contributed by atoms with Crippen LogP contribution in [0.15, 0.2) is 0 Å². The van der Waals surface area contributed by atoms with E-state index in [2.05, 4.69) is 6.92 Å². The summed E-state index contributed by atoms with van der Waals surface area (Å²) in [6, 6.07) is 0. The van der Waals surface area contributed by atoms with E-state index in [4.69, 9.17) is 9.47 Å². The summed E-state index contributed by atoms with van der Waals surface area (Å²) in [5.74, 6) is 0.754. The van der Waals surface area contributed by atoms with Crippen molar-refractivity contribution < 1.29 is 9.47 Å². The van der Waals surface area contributed by atoms with Crippen LogP contribution >= 0.6 is 0 Å². The SMILES string of the molecule is CCCOC(COC1CCCCC1)C1CCCCC1. The number of ether oxygens (including phenoxy) is 2. The van der Waals surface area contributed by atoms with Gasteiger partial charge in [0.1, 0.15) is 0 Å². The van der Waals surface area contributed by atoms with Crippen molar-refractivity contribution in [1.29, 1.82) is 0 Å². The van der Waals surface area contributed by atoms with E-state index in [1.807, 2.05) is 0 Å². The van der Waals surface area contributed by atoms with Gasteiger partial charge in [0.2, 0.25) is 0 Å². The predicted octanol–water partition coefficient (Wildman–Crippen LogP) is 4.71. The lowest BCUT2D eigenvalue weighted by Crippen LogP contribution is -2.33. The minimum atomic E-state index is 0.363. The van der Waals surface area contributed by atoms with Crippen LogP contribution in [-0.2, 0) is 9.47 Å². The molecule has 0 aromatic rings. The Bertz CT molecular complexity index is 217. The Kier molecular flexibility index (Phi) is 7.23. The molecule has 1 atom stereocenters. The van der Waals surface area contributed by atoms with Crippen molar-refractivity contribution in [3.05, 3.63) is 0 Å². The normalized spacial score (nSPS) is 24.5. The third kappa shape index (κ3) is 5.43. The van der Waals surface area contributed by atoms with Crippen molar-refractivity contribution in [3.8, 4) is 0 Å². The molecule has 2 saturated carbocycles. The largest absolute Gasteiger partial charge is 0.376 e. The lowest BCUT2D eigenvalue weighted by molar-refractivity contribution is -0.0806. The molecule has 0 saturated heterocycles. The van der Waals surface area contributed by atoms with Gasteiger partial charge in [-0.15, -0.1) is 0 Å². The number of hydrogen-bond acceptors (Lipinski definition) is 2. The summed E-state index contributed by atoms with van der Waals surface area (Å²) < 4.78 is 12.3. The summed E-state index contributed by atoms with van der Waals surface area (Å²) in [7, 11) is 0. The molecule has 112 valence electrons. The molecule has 2 rings (SSSR count). The summed E-state index contributed by atoms with van der Waals surface area (Å²) in [6.07, 6.45) is 15.5. The number of rotatable bonds is 7. The van der Waals surface area contributed by atoms with Gasteiger partial charge in [-0.3, -0.25) is 0 Å². The Morgan fingerprint density at radius 2 is 1.53 bits per heavy atom. The van der Waals surface area contributed by atoms with E-state index in [-0.39, 0.29) is 0 Å². The molecular formula is C17H32O2. The first kappa shape index (κ1) is 15.3. The Morgan fingerprint density at radius 3 is 2.16 bits per heavy atom. The fourth-order valence-corrected chi connectivity index (χ4v) is 3.56. The Hall–Kier alpha value is -0.0800. The molecule has 0 aromatic carbocycles. The zero-order valence-corrected chi connectivity index (χ0v) is 12.7. The summed E-state index contributed by atoms with van der Waals surface area (Å²) in [4.78, 5) is 0. The molecule has 0 spiro atoms. The molecule has 2 nitrogen and oxygen atoms in total. The van der Waals surface area contributed by atoms with Gasteiger partial charge in [-0.25, -0.2) is 0 Å². The second-order valence-corrected chi connectivity index (χ2v) is 6.40. The molecule has 0 heterocycles. The molecule has 2 heteroatoms.